The summed E-state index contributed by atoms with van der Waals surface area (Å²) in [6.07, 6.45) is 7.30. The molecule has 1 saturated carbocycles. The van der Waals surface area contributed by atoms with E-state index in [1.807, 2.05) is 6.08 Å². The second kappa shape index (κ2) is 2.94. The van der Waals surface area contributed by atoms with Gasteiger partial charge in [0.25, 0.3) is 0 Å². The lowest BCUT2D eigenvalue weighted by Crippen LogP contribution is -2.15. The minimum absolute atomic E-state index is 0.220. The van der Waals surface area contributed by atoms with E-state index in [0.717, 1.165) is 31.3 Å². The van der Waals surface area contributed by atoms with Crippen LogP contribution in [0.2, 0.25) is 0 Å². The lowest BCUT2D eigenvalue weighted by atomic mass is 9.94. The molecule has 2 N–H and O–H groups in total. The average Bonchev–Trinajstić information content (AvgIpc) is 2.59. The standard InChI is InChI=1S/C10H14O2/c11-9-5-1-3-7(9)8-4-2-6-10(8)12/h1,5,8,10-12H,2-4,6H2. The summed E-state index contributed by atoms with van der Waals surface area (Å²) in [4.78, 5) is 0. The van der Waals surface area contributed by atoms with E-state index >= 15 is 0 Å². The molecule has 66 valence electrons. The fraction of sp³-hybridized carbons (Fsp3) is 0.600. The predicted molar refractivity (Wildman–Crippen MR) is 46.8 cm³/mol. The van der Waals surface area contributed by atoms with Crippen molar-refractivity contribution in [2.75, 3.05) is 0 Å². The molecule has 2 nitrogen and oxygen atoms in total. The van der Waals surface area contributed by atoms with Gasteiger partial charge in [-0.3, -0.25) is 0 Å². The molecule has 0 aromatic carbocycles. The molecule has 12 heavy (non-hydrogen) atoms. The van der Waals surface area contributed by atoms with Crippen molar-refractivity contribution < 1.29 is 10.2 Å². The van der Waals surface area contributed by atoms with Crippen molar-refractivity contribution in [3.05, 3.63) is 23.5 Å². The highest BCUT2D eigenvalue weighted by Crippen LogP contribution is 2.36. The van der Waals surface area contributed by atoms with E-state index in [1.54, 1.807) is 6.08 Å². The molecule has 0 saturated heterocycles. The molecule has 0 aliphatic heterocycles. The van der Waals surface area contributed by atoms with Crippen molar-refractivity contribution in [2.45, 2.75) is 31.8 Å². The van der Waals surface area contributed by atoms with E-state index in [0.29, 0.717) is 5.76 Å². The van der Waals surface area contributed by atoms with Crippen molar-refractivity contribution in [2.24, 2.45) is 5.92 Å². The Morgan fingerprint density at radius 3 is 2.67 bits per heavy atom. The third-order valence-electron chi connectivity index (χ3n) is 2.87. The lowest BCUT2D eigenvalue weighted by Gasteiger charge is -2.15. The Balaban J connectivity index is 2.15. The molecule has 0 spiro atoms. The summed E-state index contributed by atoms with van der Waals surface area (Å²) in [6, 6.07) is 0. The second-order valence-corrected chi connectivity index (χ2v) is 3.62. The van der Waals surface area contributed by atoms with Crippen LogP contribution in [0.15, 0.2) is 23.5 Å². The molecule has 2 heteroatoms. The van der Waals surface area contributed by atoms with Crippen LogP contribution in [0.5, 0.6) is 0 Å². The first-order valence-corrected chi connectivity index (χ1v) is 4.55. The van der Waals surface area contributed by atoms with Gasteiger partial charge in [0.2, 0.25) is 0 Å². The Kier molecular flexibility index (Phi) is 1.93. The van der Waals surface area contributed by atoms with Crippen molar-refractivity contribution in [3.63, 3.8) is 0 Å². The molecule has 1 fully saturated rings. The van der Waals surface area contributed by atoms with Crippen molar-refractivity contribution in [1.29, 1.82) is 0 Å². The van der Waals surface area contributed by atoms with Crippen LogP contribution in [-0.2, 0) is 0 Å². The van der Waals surface area contributed by atoms with Crippen molar-refractivity contribution >= 4 is 0 Å². The van der Waals surface area contributed by atoms with Gasteiger partial charge < -0.3 is 10.2 Å². The maximum absolute atomic E-state index is 9.59. The average molecular weight is 166 g/mol. The first-order valence-electron chi connectivity index (χ1n) is 4.55. The highest BCUT2D eigenvalue weighted by atomic mass is 16.3. The maximum Gasteiger partial charge on any atom is 0.115 e. The summed E-state index contributed by atoms with van der Waals surface area (Å²) in [6.45, 7) is 0. The number of aliphatic hydroxyl groups excluding tert-OH is 2. The molecule has 0 heterocycles. The molecule has 0 radical (unpaired) electrons. The topological polar surface area (TPSA) is 40.5 Å². The van der Waals surface area contributed by atoms with Crippen LogP contribution in [0.4, 0.5) is 0 Å². The Labute approximate surface area is 72.2 Å². The largest absolute Gasteiger partial charge is 0.508 e. The van der Waals surface area contributed by atoms with Crippen molar-refractivity contribution in [1.82, 2.24) is 0 Å². The molecule has 2 rings (SSSR count). The Morgan fingerprint density at radius 2 is 2.17 bits per heavy atom. The third-order valence-corrected chi connectivity index (χ3v) is 2.87. The van der Waals surface area contributed by atoms with Crippen LogP contribution in [0, 0.1) is 5.92 Å². The summed E-state index contributed by atoms with van der Waals surface area (Å²) < 4.78 is 0. The van der Waals surface area contributed by atoms with Gasteiger partial charge in [-0.15, -0.1) is 0 Å². The molecule has 0 aromatic rings. The Bertz CT molecular complexity index is 240. The summed E-state index contributed by atoms with van der Waals surface area (Å²) in [5.74, 6) is 0.612. The zero-order chi connectivity index (χ0) is 8.55. The van der Waals surface area contributed by atoms with E-state index in [4.69, 9.17) is 0 Å². The second-order valence-electron chi connectivity index (χ2n) is 3.62. The maximum atomic E-state index is 9.59. The van der Waals surface area contributed by atoms with Gasteiger partial charge in [0.15, 0.2) is 0 Å². The normalized spacial score (nSPS) is 35.1. The number of aliphatic hydroxyl groups is 2. The molecule has 2 atom stereocenters. The molecule has 0 aromatic heterocycles. The summed E-state index contributed by atoms with van der Waals surface area (Å²) in [5.41, 5.74) is 1.04. The number of hydrogen-bond donors (Lipinski definition) is 2. The summed E-state index contributed by atoms with van der Waals surface area (Å²) in [5, 5.41) is 19.0. The smallest absolute Gasteiger partial charge is 0.115 e. The van der Waals surface area contributed by atoms with Crippen LogP contribution < -0.4 is 0 Å². The first kappa shape index (κ1) is 7.87. The van der Waals surface area contributed by atoms with E-state index in [2.05, 4.69) is 0 Å². The number of allylic oxidation sites excluding steroid dienone is 2. The fourth-order valence-corrected chi connectivity index (χ4v) is 2.20. The zero-order valence-electron chi connectivity index (χ0n) is 7.03. The lowest BCUT2D eigenvalue weighted by molar-refractivity contribution is 0.145. The van der Waals surface area contributed by atoms with Gasteiger partial charge in [0.05, 0.1) is 6.10 Å². The minimum atomic E-state index is -0.220. The van der Waals surface area contributed by atoms with E-state index in [1.165, 1.54) is 0 Å². The predicted octanol–water partition coefficient (Wildman–Crippen LogP) is 1.92. The minimum Gasteiger partial charge on any atom is -0.508 e. The first-order chi connectivity index (χ1) is 5.79. The van der Waals surface area contributed by atoms with Crippen LogP contribution in [0.3, 0.4) is 0 Å². The number of rotatable bonds is 1. The zero-order valence-corrected chi connectivity index (χ0v) is 7.03. The third kappa shape index (κ3) is 1.16. The molecule has 0 amide bonds. The van der Waals surface area contributed by atoms with Gasteiger partial charge in [-0.1, -0.05) is 12.5 Å². The van der Waals surface area contributed by atoms with Gasteiger partial charge in [-0.2, -0.15) is 0 Å². The van der Waals surface area contributed by atoms with E-state index < -0.39 is 0 Å². The van der Waals surface area contributed by atoms with Gasteiger partial charge in [0, 0.05) is 5.92 Å². The molecule has 2 aliphatic rings. The molecule has 2 aliphatic carbocycles. The van der Waals surface area contributed by atoms with Crippen LogP contribution in [-0.4, -0.2) is 16.3 Å². The van der Waals surface area contributed by atoms with E-state index in [-0.39, 0.29) is 12.0 Å². The molecule has 2 unspecified atom stereocenters. The fourth-order valence-electron chi connectivity index (χ4n) is 2.20. The van der Waals surface area contributed by atoms with Gasteiger partial charge in [-0.25, -0.2) is 0 Å². The monoisotopic (exact) mass is 166 g/mol. The van der Waals surface area contributed by atoms with Crippen LogP contribution in [0.25, 0.3) is 0 Å². The van der Waals surface area contributed by atoms with Gasteiger partial charge >= 0.3 is 0 Å². The van der Waals surface area contributed by atoms with Crippen molar-refractivity contribution in [3.8, 4) is 0 Å². The highest BCUT2D eigenvalue weighted by Gasteiger charge is 2.30. The Hall–Kier alpha value is -0.760. The van der Waals surface area contributed by atoms with Gasteiger partial charge in [-0.05, 0) is 30.9 Å². The summed E-state index contributed by atoms with van der Waals surface area (Å²) >= 11 is 0. The molecular weight excluding hydrogens is 152 g/mol. The van der Waals surface area contributed by atoms with Crippen LogP contribution in [0.1, 0.15) is 25.7 Å². The van der Waals surface area contributed by atoms with E-state index in [9.17, 15) is 10.2 Å². The highest BCUT2D eigenvalue weighted by molar-refractivity contribution is 5.31. The molecular formula is C10H14O2. The quantitative estimate of drug-likeness (QED) is 0.624. The Morgan fingerprint density at radius 1 is 1.33 bits per heavy atom. The van der Waals surface area contributed by atoms with Gasteiger partial charge in [0.1, 0.15) is 5.76 Å². The molecule has 0 bridgehead atoms. The summed E-state index contributed by atoms with van der Waals surface area (Å²) in [7, 11) is 0. The SMILES string of the molecule is OC1=C(C2CCCC2O)CC=C1. The van der Waals surface area contributed by atoms with Crippen LogP contribution >= 0.6 is 0 Å². The number of hydrogen-bond acceptors (Lipinski definition) is 2.